The molecule has 2 N–H and O–H groups in total. The largest absolute Gasteiger partial charge is 0.491 e. The maximum Gasteiger partial charge on any atom is 0.192 e. The van der Waals surface area contributed by atoms with Gasteiger partial charge >= 0.3 is 0 Å². The zero-order valence-corrected chi connectivity index (χ0v) is 11.6. The van der Waals surface area contributed by atoms with Crippen molar-refractivity contribution in [3.8, 4) is 18.1 Å². The Hall–Kier alpha value is -2.15. The number of terminal acetylenes is 1. The van der Waals surface area contributed by atoms with E-state index in [1.807, 2.05) is 38.1 Å². The molecule has 102 valence electrons. The van der Waals surface area contributed by atoms with Crippen molar-refractivity contribution in [2.45, 2.75) is 13.8 Å². The van der Waals surface area contributed by atoms with Crippen LogP contribution < -0.4 is 15.4 Å². The van der Waals surface area contributed by atoms with Gasteiger partial charge in [-0.3, -0.25) is 0 Å². The average molecular weight is 259 g/mol. The van der Waals surface area contributed by atoms with E-state index in [1.165, 1.54) is 0 Å². The molecular weight excluding hydrogens is 238 g/mol. The van der Waals surface area contributed by atoms with Gasteiger partial charge in [-0.05, 0) is 25.5 Å². The highest BCUT2D eigenvalue weighted by atomic mass is 16.5. The second kappa shape index (κ2) is 8.87. The molecule has 4 heteroatoms. The first kappa shape index (κ1) is 14.9. The molecule has 19 heavy (non-hydrogen) atoms. The third kappa shape index (κ3) is 5.82. The number of para-hydroxylation sites is 1. The van der Waals surface area contributed by atoms with Gasteiger partial charge in [-0.15, -0.1) is 6.42 Å². The molecule has 0 aromatic heterocycles. The molecule has 0 saturated heterocycles. The van der Waals surface area contributed by atoms with E-state index in [-0.39, 0.29) is 0 Å². The summed E-state index contributed by atoms with van der Waals surface area (Å²) in [5, 5.41) is 6.14. The number of aryl methyl sites for hydroxylation is 1. The normalized spacial score (nSPS) is 10.7. The molecule has 0 heterocycles. The van der Waals surface area contributed by atoms with E-state index < -0.39 is 0 Å². The highest BCUT2D eigenvalue weighted by Crippen LogP contribution is 2.15. The maximum atomic E-state index is 5.67. The molecule has 0 aliphatic rings. The first-order valence-corrected chi connectivity index (χ1v) is 6.42. The lowest BCUT2D eigenvalue weighted by molar-refractivity contribution is 0.326. The zero-order chi connectivity index (χ0) is 13.9. The highest BCUT2D eigenvalue weighted by molar-refractivity contribution is 5.79. The fourth-order valence-corrected chi connectivity index (χ4v) is 1.51. The zero-order valence-electron chi connectivity index (χ0n) is 11.6. The van der Waals surface area contributed by atoms with E-state index in [4.69, 9.17) is 11.2 Å². The maximum absolute atomic E-state index is 5.67. The van der Waals surface area contributed by atoms with E-state index in [0.29, 0.717) is 25.7 Å². The van der Waals surface area contributed by atoms with Crippen LogP contribution in [0.5, 0.6) is 5.75 Å². The smallest absolute Gasteiger partial charge is 0.192 e. The SMILES string of the molecule is C#CCNC(=NCCOc1ccccc1C)NCC. The van der Waals surface area contributed by atoms with Crippen molar-refractivity contribution in [3.05, 3.63) is 29.8 Å². The number of nitrogens with one attached hydrogen (secondary N) is 2. The van der Waals surface area contributed by atoms with Crippen molar-refractivity contribution in [2.24, 2.45) is 4.99 Å². The Bertz CT molecular complexity index is 449. The van der Waals surface area contributed by atoms with Crippen LogP contribution in [0.1, 0.15) is 12.5 Å². The second-order valence-electron chi connectivity index (χ2n) is 3.93. The van der Waals surface area contributed by atoms with Crippen LogP contribution in [-0.4, -0.2) is 32.2 Å². The van der Waals surface area contributed by atoms with Crippen LogP contribution >= 0.6 is 0 Å². The van der Waals surface area contributed by atoms with Crippen molar-refractivity contribution >= 4 is 5.96 Å². The Morgan fingerprint density at radius 3 is 2.84 bits per heavy atom. The minimum Gasteiger partial charge on any atom is -0.491 e. The van der Waals surface area contributed by atoms with E-state index in [9.17, 15) is 0 Å². The van der Waals surface area contributed by atoms with Crippen LogP contribution in [0.4, 0.5) is 0 Å². The van der Waals surface area contributed by atoms with Crippen molar-refractivity contribution in [1.82, 2.24) is 10.6 Å². The lowest BCUT2D eigenvalue weighted by Gasteiger charge is -2.10. The van der Waals surface area contributed by atoms with Crippen LogP contribution in [0.2, 0.25) is 0 Å². The number of hydrogen-bond donors (Lipinski definition) is 2. The molecule has 0 bridgehead atoms. The number of rotatable bonds is 6. The number of benzene rings is 1. The van der Waals surface area contributed by atoms with Crippen molar-refractivity contribution in [1.29, 1.82) is 0 Å². The van der Waals surface area contributed by atoms with E-state index in [1.54, 1.807) is 0 Å². The number of guanidine groups is 1. The van der Waals surface area contributed by atoms with Gasteiger partial charge < -0.3 is 15.4 Å². The van der Waals surface area contributed by atoms with Crippen LogP contribution in [-0.2, 0) is 0 Å². The predicted molar refractivity (Wildman–Crippen MR) is 79.5 cm³/mol. The van der Waals surface area contributed by atoms with Gasteiger partial charge in [-0.1, -0.05) is 24.1 Å². The molecule has 0 aliphatic carbocycles. The van der Waals surface area contributed by atoms with Crippen molar-refractivity contribution < 1.29 is 4.74 Å². The summed E-state index contributed by atoms with van der Waals surface area (Å²) in [5.74, 6) is 4.14. The predicted octanol–water partition coefficient (Wildman–Crippen LogP) is 1.56. The van der Waals surface area contributed by atoms with Gasteiger partial charge in [0.05, 0.1) is 13.1 Å². The fraction of sp³-hybridized carbons (Fsp3) is 0.400. The summed E-state index contributed by atoms with van der Waals surface area (Å²) in [6.45, 7) is 6.42. The Kier molecular flexibility index (Phi) is 6.96. The second-order valence-corrected chi connectivity index (χ2v) is 3.93. The molecule has 4 nitrogen and oxygen atoms in total. The minimum absolute atomic E-state index is 0.463. The molecule has 1 aromatic carbocycles. The molecular formula is C15H21N3O. The Balaban J connectivity index is 2.38. The molecule has 0 spiro atoms. The van der Waals surface area contributed by atoms with E-state index >= 15 is 0 Å². The third-order valence-corrected chi connectivity index (χ3v) is 2.41. The molecule has 1 aromatic rings. The van der Waals surface area contributed by atoms with Gasteiger partial charge in [0.25, 0.3) is 0 Å². The highest BCUT2D eigenvalue weighted by Gasteiger charge is 1.98. The van der Waals surface area contributed by atoms with Gasteiger partial charge in [0, 0.05) is 6.54 Å². The number of ether oxygens (including phenoxy) is 1. The summed E-state index contributed by atoms with van der Waals surface area (Å²) in [4.78, 5) is 4.37. The summed E-state index contributed by atoms with van der Waals surface area (Å²) in [6.07, 6.45) is 5.20. The average Bonchev–Trinajstić information content (AvgIpc) is 2.42. The monoisotopic (exact) mass is 259 g/mol. The molecule has 1 rings (SSSR count). The molecule has 0 amide bonds. The third-order valence-electron chi connectivity index (χ3n) is 2.41. The molecule has 0 atom stereocenters. The van der Waals surface area contributed by atoms with Gasteiger partial charge in [-0.2, -0.15) is 0 Å². The molecule has 0 unspecified atom stereocenters. The van der Waals surface area contributed by atoms with Crippen LogP contribution in [0.15, 0.2) is 29.3 Å². The number of nitrogens with zero attached hydrogens (tertiary/aromatic N) is 1. The molecule has 0 fully saturated rings. The Morgan fingerprint density at radius 1 is 1.37 bits per heavy atom. The first-order valence-electron chi connectivity index (χ1n) is 6.42. The van der Waals surface area contributed by atoms with Crippen LogP contribution in [0.3, 0.4) is 0 Å². The molecule has 0 saturated carbocycles. The van der Waals surface area contributed by atoms with Gasteiger partial charge in [0.2, 0.25) is 0 Å². The fourth-order valence-electron chi connectivity index (χ4n) is 1.51. The summed E-state index contributed by atoms with van der Waals surface area (Å²) >= 11 is 0. The van der Waals surface area contributed by atoms with Gasteiger partial charge in [0.15, 0.2) is 5.96 Å². The van der Waals surface area contributed by atoms with Gasteiger partial charge in [-0.25, -0.2) is 4.99 Å². The Labute approximate surface area is 115 Å². The minimum atomic E-state index is 0.463. The summed E-state index contributed by atoms with van der Waals surface area (Å²) < 4.78 is 5.67. The van der Waals surface area contributed by atoms with Crippen molar-refractivity contribution in [2.75, 3.05) is 26.2 Å². The van der Waals surface area contributed by atoms with Gasteiger partial charge in [0.1, 0.15) is 12.4 Å². The van der Waals surface area contributed by atoms with E-state index in [0.717, 1.165) is 17.9 Å². The topological polar surface area (TPSA) is 45.7 Å². The van der Waals surface area contributed by atoms with Crippen LogP contribution in [0.25, 0.3) is 0 Å². The van der Waals surface area contributed by atoms with Crippen LogP contribution in [0, 0.1) is 19.3 Å². The summed E-state index contributed by atoms with van der Waals surface area (Å²) in [5.41, 5.74) is 1.13. The lowest BCUT2D eigenvalue weighted by atomic mass is 10.2. The quantitative estimate of drug-likeness (QED) is 0.353. The summed E-state index contributed by atoms with van der Waals surface area (Å²) in [6, 6.07) is 7.94. The standard InChI is InChI=1S/C15H21N3O/c1-4-10-17-15(16-5-2)18-11-12-19-14-9-7-6-8-13(14)3/h1,6-9H,5,10-12H2,2-3H3,(H2,16,17,18). The van der Waals surface area contributed by atoms with E-state index in [2.05, 4.69) is 21.5 Å². The molecule has 0 aliphatic heterocycles. The number of hydrogen-bond acceptors (Lipinski definition) is 2. The summed E-state index contributed by atoms with van der Waals surface area (Å²) in [7, 11) is 0. The number of aliphatic imine (C=N–C) groups is 1. The Morgan fingerprint density at radius 2 is 2.16 bits per heavy atom. The van der Waals surface area contributed by atoms with Crippen molar-refractivity contribution in [3.63, 3.8) is 0 Å². The molecule has 0 radical (unpaired) electrons. The first-order chi connectivity index (χ1) is 9.27. The lowest BCUT2D eigenvalue weighted by Crippen LogP contribution is -2.37.